The molecule has 0 bridgehead atoms. The third-order valence-electron chi connectivity index (χ3n) is 4.91. The molecule has 1 aliphatic carbocycles. The molecule has 2 aromatic rings. The van der Waals surface area contributed by atoms with Crippen LogP contribution in [0.5, 0.6) is 0 Å². The van der Waals surface area contributed by atoms with E-state index in [1.54, 1.807) is 6.33 Å². The van der Waals surface area contributed by atoms with Crippen LogP contribution in [0.4, 0.5) is 0 Å². The Morgan fingerprint density at radius 2 is 2.08 bits per heavy atom. The van der Waals surface area contributed by atoms with Crippen LogP contribution in [-0.2, 0) is 12.1 Å². The smallest absolute Gasteiger partial charge is 0.141 e. The van der Waals surface area contributed by atoms with Crippen LogP contribution in [0.2, 0.25) is 0 Å². The molecule has 1 saturated carbocycles. The number of nitrogens with one attached hydrogen (secondary N) is 1. The highest BCUT2D eigenvalue weighted by atomic mass is 15.4. The van der Waals surface area contributed by atoms with Crippen molar-refractivity contribution in [3.05, 3.63) is 41.7 Å². The molecule has 3 rings (SSSR count). The second-order valence-electron chi connectivity index (χ2n) is 7.91. The fraction of sp³-hybridized carbons (Fsp3) is 0.632. The van der Waals surface area contributed by atoms with Crippen molar-refractivity contribution >= 4 is 0 Å². The van der Waals surface area contributed by atoms with Crippen molar-refractivity contribution < 1.29 is 0 Å². The van der Waals surface area contributed by atoms with Gasteiger partial charge < -0.3 is 5.32 Å². The lowest BCUT2D eigenvalue weighted by Crippen LogP contribution is -2.35. The van der Waals surface area contributed by atoms with Gasteiger partial charge in [0.25, 0.3) is 0 Å². The number of hydrogen-bond donors (Lipinski definition) is 1. The molecular formula is C19H29N5. The van der Waals surface area contributed by atoms with Gasteiger partial charge in [0.05, 0.1) is 12.1 Å². The highest BCUT2D eigenvalue weighted by Crippen LogP contribution is 2.33. The maximum Gasteiger partial charge on any atom is 0.141 e. The topological polar surface area (TPSA) is 55.6 Å². The molecule has 130 valence electrons. The first-order valence-electron chi connectivity index (χ1n) is 8.99. The van der Waals surface area contributed by atoms with Crippen molar-refractivity contribution in [1.29, 1.82) is 0 Å². The van der Waals surface area contributed by atoms with E-state index in [4.69, 9.17) is 0 Å². The Morgan fingerprint density at radius 3 is 2.83 bits per heavy atom. The van der Waals surface area contributed by atoms with Crippen LogP contribution in [0.1, 0.15) is 69.5 Å². The summed E-state index contributed by atoms with van der Waals surface area (Å²) in [5.74, 6) is 1.58. The molecule has 0 spiro atoms. The van der Waals surface area contributed by atoms with Gasteiger partial charge in [0, 0.05) is 23.9 Å². The van der Waals surface area contributed by atoms with Gasteiger partial charge in [-0.05, 0) is 58.6 Å². The van der Waals surface area contributed by atoms with Crippen molar-refractivity contribution in [2.75, 3.05) is 0 Å². The van der Waals surface area contributed by atoms with E-state index < -0.39 is 0 Å². The summed E-state index contributed by atoms with van der Waals surface area (Å²) < 4.78 is 2.02. The molecule has 0 radical (unpaired) electrons. The van der Waals surface area contributed by atoms with E-state index in [2.05, 4.69) is 54.1 Å². The minimum absolute atomic E-state index is 0.0340. The zero-order chi connectivity index (χ0) is 17.2. The predicted octanol–water partition coefficient (Wildman–Crippen LogP) is 3.55. The molecule has 24 heavy (non-hydrogen) atoms. The van der Waals surface area contributed by atoms with Gasteiger partial charge in [-0.3, -0.25) is 4.98 Å². The quantitative estimate of drug-likeness (QED) is 0.933. The number of hydrogen-bond acceptors (Lipinski definition) is 4. The second-order valence-corrected chi connectivity index (χ2v) is 7.91. The maximum atomic E-state index is 4.64. The number of pyridine rings is 1. The molecule has 1 fully saturated rings. The maximum absolute atomic E-state index is 4.64. The summed E-state index contributed by atoms with van der Waals surface area (Å²) in [6.45, 7) is 9.42. The third kappa shape index (κ3) is 3.83. The lowest BCUT2D eigenvalue weighted by atomic mass is 9.82. The average molecular weight is 327 g/mol. The van der Waals surface area contributed by atoms with Gasteiger partial charge >= 0.3 is 0 Å². The Morgan fingerprint density at radius 1 is 1.25 bits per heavy atom. The molecule has 1 aliphatic rings. The van der Waals surface area contributed by atoms with Crippen LogP contribution in [0.15, 0.2) is 24.7 Å². The second kappa shape index (κ2) is 7.01. The van der Waals surface area contributed by atoms with Crippen molar-refractivity contribution in [2.45, 2.75) is 77.4 Å². The van der Waals surface area contributed by atoms with E-state index in [1.165, 1.54) is 30.5 Å². The summed E-state index contributed by atoms with van der Waals surface area (Å²) in [5.41, 5.74) is 2.56. The Balaban J connectivity index is 1.63. The average Bonchev–Trinajstić information content (AvgIpc) is 3.02. The van der Waals surface area contributed by atoms with Crippen LogP contribution in [-0.4, -0.2) is 25.8 Å². The zero-order valence-corrected chi connectivity index (χ0v) is 15.3. The minimum Gasteiger partial charge on any atom is -0.307 e. The Hall–Kier alpha value is -1.75. The molecule has 2 heterocycles. The van der Waals surface area contributed by atoms with Gasteiger partial charge in [0.1, 0.15) is 12.2 Å². The first kappa shape index (κ1) is 17.1. The number of aromatic nitrogens is 4. The summed E-state index contributed by atoms with van der Waals surface area (Å²) in [7, 11) is 0. The lowest BCUT2D eigenvalue weighted by Gasteiger charge is -2.30. The summed E-state index contributed by atoms with van der Waals surface area (Å²) >= 11 is 0. The summed E-state index contributed by atoms with van der Waals surface area (Å²) in [5, 5.41) is 8.09. The fourth-order valence-corrected chi connectivity index (χ4v) is 3.73. The van der Waals surface area contributed by atoms with E-state index in [1.807, 2.05) is 16.9 Å². The molecule has 0 amide bonds. The normalized spacial score (nSPS) is 21.8. The van der Waals surface area contributed by atoms with Crippen LogP contribution in [0.3, 0.4) is 0 Å². The van der Waals surface area contributed by atoms with Gasteiger partial charge in [0.15, 0.2) is 0 Å². The standard InChI is InChI=1S/C19H29N5/c1-14-7-6-10-20-18(14)15-8-5-9-16(11-15)21-12-17-22-13-23-24(17)19(2,3)4/h6-7,10,13,15-16,21H,5,8-9,11-12H2,1-4H3/t15-,16+/m0/s1. The van der Waals surface area contributed by atoms with E-state index in [0.29, 0.717) is 12.0 Å². The number of nitrogens with zero attached hydrogens (tertiary/aromatic N) is 4. The number of rotatable bonds is 4. The van der Waals surface area contributed by atoms with Crippen molar-refractivity contribution in [3.8, 4) is 0 Å². The fourth-order valence-electron chi connectivity index (χ4n) is 3.73. The van der Waals surface area contributed by atoms with Crippen molar-refractivity contribution in [2.24, 2.45) is 0 Å². The lowest BCUT2D eigenvalue weighted by molar-refractivity contribution is 0.310. The molecule has 2 atom stereocenters. The highest BCUT2D eigenvalue weighted by molar-refractivity contribution is 5.22. The van der Waals surface area contributed by atoms with E-state index in [9.17, 15) is 0 Å². The predicted molar refractivity (Wildman–Crippen MR) is 95.8 cm³/mol. The van der Waals surface area contributed by atoms with Gasteiger partial charge in [0.2, 0.25) is 0 Å². The summed E-state index contributed by atoms with van der Waals surface area (Å²) in [4.78, 5) is 9.07. The first-order chi connectivity index (χ1) is 11.4. The Kier molecular flexibility index (Phi) is 4.99. The molecule has 5 nitrogen and oxygen atoms in total. The zero-order valence-electron chi connectivity index (χ0n) is 15.3. The van der Waals surface area contributed by atoms with Gasteiger partial charge in [-0.1, -0.05) is 12.5 Å². The van der Waals surface area contributed by atoms with Gasteiger partial charge in [-0.25, -0.2) is 9.67 Å². The molecule has 0 aromatic carbocycles. The highest BCUT2D eigenvalue weighted by Gasteiger charge is 2.26. The SMILES string of the molecule is Cc1cccnc1[C@H]1CCC[C@@H](NCc2ncnn2C(C)(C)C)C1. The monoisotopic (exact) mass is 327 g/mol. The molecular weight excluding hydrogens is 298 g/mol. The Bertz CT molecular complexity index is 670. The molecule has 0 saturated heterocycles. The van der Waals surface area contributed by atoms with Gasteiger partial charge in [-0.2, -0.15) is 5.10 Å². The molecule has 2 aromatic heterocycles. The van der Waals surface area contributed by atoms with Gasteiger partial charge in [-0.15, -0.1) is 0 Å². The molecule has 1 N–H and O–H groups in total. The molecule has 5 heteroatoms. The summed E-state index contributed by atoms with van der Waals surface area (Å²) in [6, 6.07) is 4.72. The van der Waals surface area contributed by atoms with Crippen LogP contribution >= 0.6 is 0 Å². The van der Waals surface area contributed by atoms with Crippen LogP contribution in [0.25, 0.3) is 0 Å². The van der Waals surface area contributed by atoms with Crippen molar-refractivity contribution in [3.63, 3.8) is 0 Å². The van der Waals surface area contributed by atoms with E-state index >= 15 is 0 Å². The molecule has 0 aliphatic heterocycles. The van der Waals surface area contributed by atoms with Crippen LogP contribution in [0, 0.1) is 6.92 Å². The molecule has 0 unspecified atom stereocenters. The van der Waals surface area contributed by atoms with Crippen LogP contribution < -0.4 is 5.32 Å². The number of aryl methyl sites for hydroxylation is 1. The van der Waals surface area contributed by atoms with Crippen molar-refractivity contribution in [1.82, 2.24) is 25.1 Å². The minimum atomic E-state index is -0.0340. The first-order valence-corrected chi connectivity index (χ1v) is 8.99. The largest absolute Gasteiger partial charge is 0.307 e. The summed E-state index contributed by atoms with van der Waals surface area (Å²) in [6.07, 6.45) is 8.46. The van der Waals surface area contributed by atoms with E-state index in [0.717, 1.165) is 18.8 Å². The third-order valence-corrected chi connectivity index (χ3v) is 4.91. The Labute approximate surface area is 144 Å². The van der Waals surface area contributed by atoms with E-state index in [-0.39, 0.29) is 5.54 Å².